The first-order valence-electron chi connectivity index (χ1n) is 9.90. The zero-order chi connectivity index (χ0) is 27.8. The molecule has 0 unspecified atom stereocenters. The Balaban J connectivity index is 0.000000877. The van der Waals surface area contributed by atoms with Crippen molar-refractivity contribution < 1.29 is 41.8 Å². The van der Waals surface area contributed by atoms with Crippen LogP contribution in [0.3, 0.4) is 0 Å². The molecule has 3 aromatic rings. The molecule has 0 atom stereocenters. The van der Waals surface area contributed by atoms with Crippen LogP contribution in [0.4, 0.5) is 29.3 Å². The molecular formula is C21H20ClF3N5O6P. The predicted molar refractivity (Wildman–Crippen MR) is 129 cm³/mol. The summed E-state index contributed by atoms with van der Waals surface area (Å²) in [5.41, 5.74) is 3.47. The number of alkyl halides is 3. The summed E-state index contributed by atoms with van der Waals surface area (Å²) >= 11 is 5.57. The van der Waals surface area contributed by atoms with Gasteiger partial charge in [-0.25, -0.2) is 14.9 Å². The van der Waals surface area contributed by atoms with Gasteiger partial charge >= 0.3 is 20.0 Å². The van der Waals surface area contributed by atoms with Gasteiger partial charge in [0.05, 0.1) is 10.6 Å². The first-order valence-corrected chi connectivity index (χ1v) is 12.0. The maximum absolute atomic E-state index is 12.9. The van der Waals surface area contributed by atoms with Crippen LogP contribution in [0.25, 0.3) is 0 Å². The first kappa shape index (κ1) is 29.5. The van der Waals surface area contributed by atoms with Gasteiger partial charge in [0, 0.05) is 30.7 Å². The number of urea groups is 1. The maximum Gasteiger partial charge on any atom is 0.417 e. The number of nitrogens with two attached hydrogens (primary N) is 1. The van der Waals surface area contributed by atoms with E-state index in [1.54, 1.807) is 30.3 Å². The lowest BCUT2D eigenvalue weighted by Gasteiger charge is -2.12. The molecule has 0 aliphatic carbocycles. The first-order chi connectivity index (χ1) is 17.2. The number of pyridine rings is 1. The molecular weight excluding hydrogens is 542 g/mol. The van der Waals surface area contributed by atoms with Crippen molar-refractivity contribution in [1.82, 2.24) is 10.3 Å². The third kappa shape index (κ3) is 10.5. The predicted octanol–water partition coefficient (Wildman–Crippen LogP) is 4.59. The SMILES string of the molecule is CNC(=O)c1cc(Oc2ccc(NC(=O)Nc3ccc(Cl)c(C(F)(F)F)c3)cc2)ccn1.NP(=O)(O)O. The van der Waals surface area contributed by atoms with Crippen LogP contribution >= 0.6 is 19.3 Å². The smallest absolute Gasteiger partial charge is 0.417 e. The molecule has 0 bridgehead atoms. The summed E-state index contributed by atoms with van der Waals surface area (Å²) < 4.78 is 53.6. The summed E-state index contributed by atoms with van der Waals surface area (Å²) in [4.78, 5) is 42.5. The van der Waals surface area contributed by atoms with Crippen LogP contribution in [-0.2, 0) is 10.7 Å². The summed E-state index contributed by atoms with van der Waals surface area (Å²) in [5.74, 6) is 0.460. The molecule has 1 aromatic heterocycles. The molecule has 0 fully saturated rings. The number of halogens is 4. The Morgan fingerprint density at radius 3 is 2.14 bits per heavy atom. The molecule has 2 aromatic carbocycles. The van der Waals surface area contributed by atoms with Crippen LogP contribution < -0.4 is 26.2 Å². The van der Waals surface area contributed by atoms with E-state index in [1.165, 1.54) is 25.4 Å². The molecule has 0 aliphatic heterocycles. The minimum atomic E-state index is -4.64. The van der Waals surface area contributed by atoms with Crippen LogP contribution in [0, 0.1) is 0 Å². The Morgan fingerprint density at radius 2 is 1.57 bits per heavy atom. The number of nitrogens with one attached hydrogen (secondary N) is 3. The summed E-state index contributed by atoms with van der Waals surface area (Å²) in [7, 11) is -2.65. The Bertz CT molecular complexity index is 1300. The van der Waals surface area contributed by atoms with Crippen LogP contribution in [0.2, 0.25) is 5.02 Å². The summed E-state index contributed by atoms with van der Waals surface area (Å²) in [5, 5.41) is 6.83. The largest absolute Gasteiger partial charge is 0.457 e. The number of carbonyl (C=O) groups is 2. The van der Waals surface area contributed by atoms with Crippen molar-refractivity contribution in [2.24, 2.45) is 5.50 Å². The van der Waals surface area contributed by atoms with Gasteiger partial charge in [-0.1, -0.05) is 11.6 Å². The second kappa shape index (κ2) is 12.5. The number of hydrogen-bond donors (Lipinski definition) is 6. The van der Waals surface area contributed by atoms with E-state index in [0.717, 1.165) is 12.1 Å². The standard InChI is InChI=1S/C21H16ClF3N4O3.H4NO3P/c1-26-19(30)18-11-15(8-9-27-18)32-14-5-2-12(3-6-14)28-20(31)29-13-4-7-17(22)16(10-13)21(23,24)25;1-5(2,3)4/h2-11H,1H3,(H,26,30)(H2,28,29,31);(H4,1,2,3,4). The number of rotatable bonds is 5. The summed E-state index contributed by atoms with van der Waals surface area (Å²) in [6, 6.07) is 11.6. The van der Waals surface area contributed by atoms with E-state index in [-0.39, 0.29) is 17.3 Å². The van der Waals surface area contributed by atoms with E-state index in [4.69, 9.17) is 30.7 Å². The van der Waals surface area contributed by atoms with Crippen molar-refractivity contribution in [1.29, 1.82) is 0 Å². The monoisotopic (exact) mass is 561 g/mol. The minimum absolute atomic E-state index is 0.0659. The van der Waals surface area contributed by atoms with Gasteiger partial charge in [-0.15, -0.1) is 0 Å². The highest BCUT2D eigenvalue weighted by molar-refractivity contribution is 7.49. The lowest BCUT2D eigenvalue weighted by atomic mass is 10.2. The molecule has 0 saturated carbocycles. The second-order valence-electron chi connectivity index (χ2n) is 6.94. The second-order valence-corrected chi connectivity index (χ2v) is 8.53. The number of anilines is 2. The fourth-order valence-corrected chi connectivity index (χ4v) is 2.81. The van der Waals surface area contributed by atoms with Crippen molar-refractivity contribution in [2.75, 3.05) is 17.7 Å². The van der Waals surface area contributed by atoms with E-state index >= 15 is 0 Å². The number of ether oxygens (including phenoxy) is 1. The molecule has 0 radical (unpaired) electrons. The summed E-state index contributed by atoms with van der Waals surface area (Å²) in [6.07, 6.45) is -3.21. The quantitative estimate of drug-likeness (QED) is 0.245. The van der Waals surface area contributed by atoms with E-state index in [1.807, 2.05) is 0 Å². The third-order valence-corrected chi connectivity index (χ3v) is 4.40. The summed E-state index contributed by atoms with van der Waals surface area (Å²) in [6.45, 7) is 0. The number of aromatic nitrogens is 1. The Morgan fingerprint density at radius 1 is 1.00 bits per heavy atom. The average Bonchev–Trinajstić information content (AvgIpc) is 2.79. The van der Waals surface area contributed by atoms with Crippen LogP contribution in [0.5, 0.6) is 11.5 Å². The lowest BCUT2D eigenvalue weighted by Crippen LogP contribution is -2.19. The normalized spacial score (nSPS) is 11.0. The average molecular weight is 562 g/mol. The van der Waals surface area contributed by atoms with Gasteiger partial charge in [-0.05, 0) is 48.5 Å². The van der Waals surface area contributed by atoms with E-state index < -0.39 is 30.5 Å². The van der Waals surface area contributed by atoms with Crippen LogP contribution in [0.1, 0.15) is 16.1 Å². The Hall–Kier alpha value is -3.68. The molecule has 37 heavy (non-hydrogen) atoms. The lowest BCUT2D eigenvalue weighted by molar-refractivity contribution is -0.137. The molecule has 0 saturated heterocycles. The van der Waals surface area contributed by atoms with Gasteiger partial charge in [-0.2, -0.15) is 13.2 Å². The van der Waals surface area contributed by atoms with Crippen molar-refractivity contribution in [3.05, 3.63) is 77.1 Å². The number of nitrogens with zero attached hydrogens (tertiary/aromatic N) is 1. The molecule has 7 N–H and O–H groups in total. The van der Waals surface area contributed by atoms with Gasteiger partial charge < -0.3 is 30.5 Å². The number of benzene rings is 2. The van der Waals surface area contributed by atoms with Crippen molar-refractivity contribution >= 4 is 42.7 Å². The minimum Gasteiger partial charge on any atom is -0.457 e. The van der Waals surface area contributed by atoms with Crippen molar-refractivity contribution in [3.8, 4) is 11.5 Å². The highest BCUT2D eigenvalue weighted by Gasteiger charge is 2.33. The van der Waals surface area contributed by atoms with Crippen molar-refractivity contribution in [3.63, 3.8) is 0 Å². The zero-order valence-electron chi connectivity index (χ0n) is 18.8. The zero-order valence-corrected chi connectivity index (χ0v) is 20.4. The number of hydrogen-bond acceptors (Lipinski definition) is 5. The molecule has 16 heteroatoms. The maximum atomic E-state index is 12.9. The van der Waals surface area contributed by atoms with Gasteiger partial charge in [0.2, 0.25) is 0 Å². The highest BCUT2D eigenvalue weighted by Crippen LogP contribution is 2.36. The fourth-order valence-electron chi connectivity index (χ4n) is 2.58. The molecule has 3 amide bonds. The molecule has 3 rings (SSSR count). The van der Waals surface area contributed by atoms with Gasteiger partial charge in [-0.3, -0.25) is 9.78 Å². The Kier molecular flexibility index (Phi) is 10.00. The van der Waals surface area contributed by atoms with Crippen molar-refractivity contribution in [2.45, 2.75) is 6.18 Å². The van der Waals surface area contributed by atoms with Gasteiger partial charge in [0.1, 0.15) is 17.2 Å². The topological polar surface area (TPSA) is 176 Å². The van der Waals surface area contributed by atoms with Crippen LogP contribution in [0.15, 0.2) is 60.8 Å². The number of amides is 3. The third-order valence-electron chi connectivity index (χ3n) is 4.07. The Labute approximate surface area is 213 Å². The van der Waals surface area contributed by atoms with Crippen LogP contribution in [-0.4, -0.2) is 33.8 Å². The van der Waals surface area contributed by atoms with E-state index in [9.17, 15) is 22.8 Å². The fraction of sp³-hybridized carbons (Fsp3) is 0.0952. The molecule has 11 nitrogen and oxygen atoms in total. The molecule has 1 heterocycles. The molecule has 198 valence electrons. The molecule has 0 aliphatic rings. The van der Waals surface area contributed by atoms with Gasteiger partial charge in [0.25, 0.3) is 5.91 Å². The molecule has 0 spiro atoms. The number of carbonyl (C=O) groups excluding carboxylic acids is 2. The van der Waals surface area contributed by atoms with E-state index in [2.05, 4.69) is 26.4 Å². The van der Waals surface area contributed by atoms with E-state index in [0.29, 0.717) is 17.2 Å². The van der Waals surface area contributed by atoms with Gasteiger partial charge in [0.15, 0.2) is 0 Å². The highest BCUT2D eigenvalue weighted by atomic mass is 35.5.